The van der Waals surface area contributed by atoms with Gasteiger partial charge in [-0.05, 0) is 44.9 Å². The third kappa shape index (κ3) is 9.36. The molecule has 0 saturated carbocycles. The van der Waals surface area contributed by atoms with Gasteiger partial charge in [0, 0.05) is 44.1 Å². The summed E-state index contributed by atoms with van der Waals surface area (Å²) in [4.78, 5) is 13.7. The number of hydrogen-bond acceptors (Lipinski definition) is 4. The zero-order valence-electron chi connectivity index (χ0n) is 15.9. The molecule has 144 valence electrons. The zero-order chi connectivity index (χ0) is 18.5. The van der Waals surface area contributed by atoms with Crippen molar-refractivity contribution in [2.24, 2.45) is 0 Å². The van der Waals surface area contributed by atoms with E-state index in [1.165, 1.54) is 12.8 Å². The van der Waals surface area contributed by atoms with Crippen molar-refractivity contribution < 1.29 is 9.53 Å². The highest BCUT2D eigenvalue weighted by molar-refractivity contribution is 7.81. The van der Waals surface area contributed by atoms with Gasteiger partial charge in [-0.2, -0.15) is 12.6 Å². The average molecular weight is 369 g/mol. The molecule has 1 unspecified atom stereocenters. The Morgan fingerprint density at radius 3 is 2.68 bits per heavy atom. The normalized spacial score (nSPS) is 17.4. The molecule has 1 aliphatic rings. The second-order valence-electron chi connectivity index (χ2n) is 6.79. The average Bonchev–Trinajstić information content (AvgIpc) is 2.82. The van der Waals surface area contributed by atoms with Crippen molar-refractivity contribution >= 4 is 18.5 Å². The van der Waals surface area contributed by atoms with E-state index < -0.39 is 0 Å². The quantitative estimate of drug-likeness (QED) is 0.335. The van der Waals surface area contributed by atoms with Crippen molar-refractivity contribution in [2.75, 3.05) is 26.3 Å². The summed E-state index contributed by atoms with van der Waals surface area (Å²) in [6.45, 7) is 13.7. The monoisotopic (exact) mass is 368 g/mol. The van der Waals surface area contributed by atoms with Crippen molar-refractivity contribution in [3.63, 3.8) is 0 Å². The summed E-state index contributed by atoms with van der Waals surface area (Å²) in [6.07, 6.45) is 9.51. The molecule has 1 aliphatic heterocycles. The Balaban J connectivity index is 1.92. The molecule has 0 aromatic carbocycles. The van der Waals surface area contributed by atoms with E-state index in [4.69, 9.17) is 4.74 Å². The summed E-state index contributed by atoms with van der Waals surface area (Å²) in [7, 11) is 0. The number of allylic oxidation sites excluding steroid dienone is 2. The van der Waals surface area contributed by atoms with Crippen molar-refractivity contribution in [2.45, 2.75) is 70.0 Å². The third-order valence-corrected chi connectivity index (χ3v) is 4.81. The Bertz CT molecular complexity index is 426. The number of nitrogens with one attached hydrogen (secondary N) is 1. The van der Waals surface area contributed by atoms with E-state index in [0.29, 0.717) is 6.42 Å². The molecule has 0 bridgehead atoms. The summed E-state index contributed by atoms with van der Waals surface area (Å²) < 4.78 is 5.47. The lowest BCUT2D eigenvalue weighted by atomic mass is 10.1. The van der Waals surface area contributed by atoms with Crippen LogP contribution in [0.2, 0.25) is 0 Å². The van der Waals surface area contributed by atoms with Gasteiger partial charge in [0.25, 0.3) is 0 Å². The van der Waals surface area contributed by atoms with Gasteiger partial charge in [0.2, 0.25) is 5.91 Å². The van der Waals surface area contributed by atoms with Crippen LogP contribution in [0.4, 0.5) is 0 Å². The molecule has 1 fully saturated rings. The van der Waals surface area contributed by atoms with E-state index in [9.17, 15) is 4.79 Å². The van der Waals surface area contributed by atoms with Gasteiger partial charge >= 0.3 is 0 Å². The van der Waals surface area contributed by atoms with Gasteiger partial charge in [-0.15, -0.1) is 0 Å². The minimum absolute atomic E-state index is 0.111. The van der Waals surface area contributed by atoms with Crippen LogP contribution in [0.5, 0.6) is 0 Å². The van der Waals surface area contributed by atoms with Crippen LogP contribution in [-0.4, -0.2) is 42.4 Å². The van der Waals surface area contributed by atoms with Crippen LogP contribution in [0.3, 0.4) is 0 Å². The maximum absolute atomic E-state index is 11.9. The van der Waals surface area contributed by atoms with Crippen molar-refractivity contribution in [1.29, 1.82) is 0 Å². The molecule has 5 heteroatoms. The molecule has 0 aromatic rings. The first kappa shape index (κ1) is 22.1. The topological polar surface area (TPSA) is 41.6 Å². The molecular weight excluding hydrogens is 332 g/mol. The first-order valence-electron chi connectivity index (χ1n) is 9.72. The molecule has 4 nitrogen and oxygen atoms in total. The third-order valence-electron chi connectivity index (χ3n) is 4.41. The van der Waals surface area contributed by atoms with Crippen LogP contribution in [-0.2, 0) is 9.53 Å². The fourth-order valence-electron chi connectivity index (χ4n) is 2.92. The lowest BCUT2D eigenvalue weighted by molar-refractivity contribution is -0.126. The molecule has 25 heavy (non-hydrogen) atoms. The minimum Gasteiger partial charge on any atom is -0.389 e. The van der Waals surface area contributed by atoms with Crippen LogP contribution in [0, 0.1) is 0 Å². The number of carbonyl (C=O) groups is 1. The second kappa shape index (κ2) is 13.3. The van der Waals surface area contributed by atoms with Crippen molar-refractivity contribution in [3.8, 4) is 0 Å². The van der Waals surface area contributed by atoms with Gasteiger partial charge in [-0.1, -0.05) is 26.5 Å². The first-order valence-corrected chi connectivity index (χ1v) is 10.2. The molecule has 1 rings (SSSR count). The molecule has 1 amide bonds. The lowest BCUT2D eigenvalue weighted by Gasteiger charge is -2.17. The summed E-state index contributed by atoms with van der Waals surface area (Å²) in [5, 5.41) is 3.23. The Kier molecular flexibility index (Phi) is 11.7. The number of nitrogens with zero attached hydrogens (tertiary/aromatic N) is 1. The standard InChI is InChI=1S/C20H36N2O2S/c1-4-14-24-15-10-6-8-12-21-17(2)11-7-5-9-13-22-18(3)16-19(25)20(22)23/h19,21,25H,2-16H2,1H3. The zero-order valence-corrected chi connectivity index (χ0v) is 16.8. The second-order valence-corrected chi connectivity index (χ2v) is 7.41. The maximum Gasteiger partial charge on any atom is 0.239 e. The summed E-state index contributed by atoms with van der Waals surface area (Å²) in [6, 6.07) is 0. The Morgan fingerprint density at radius 2 is 2.00 bits per heavy atom. The Morgan fingerprint density at radius 1 is 1.24 bits per heavy atom. The van der Waals surface area contributed by atoms with E-state index in [1.54, 1.807) is 4.90 Å². The number of ether oxygens (including phenoxy) is 1. The van der Waals surface area contributed by atoms with Gasteiger partial charge in [-0.3, -0.25) is 4.79 Å². The van der Waals surface area contributed by atoms with E-state index in [2.05, 4.69) is 38.0 Å². The smallest absolute Gasteiger partial charge is 0.239 e. The number of amides is 1. The molecular formula is C20H36N2O2S. The lowest BCUT2D eigenvalue weighted by Crippen LogP contribution is -2.27. The van der Waals surface area contributed by atoms with Gasteiger partial charge in [0.05, 0.1) is 5.25 Å². The fourth-order valence-corrected chi connectivity index (χ4v) is 3.27. The van der Waals surface area contributed by atoms with E-state index in [0.717, 1.165) is 76.2 Å². The fraction of sp³-hybridized carbons (Fsp3) is 0.750. The number of rotatable bonds is 15. The largest absolute Gasteiger partial charge is 0.389 e. The molecule has 1 saturated heterocycles. The van der Waals surface area contributed by atoms with Crippen molar-refractivity contribution in [1.82, 2.24) is 10.2 Å². The maximum atomic E-state index is 11.9. The van der Waals surface area contributed by atoms with E-state index in [1.807, 2.05) is 0 Å². The summed E-state index contributed by atoms with van der Waals surface area (Å²) >= 11 is 4.29. The number of carbonyl (C=O) groups excluding carboxylic acids is 1. The van der Waals surface area contributed by atoms with Crippen LogP contribution < -0.4 is 5.32 Å². The molecule has 0 aliphatic carbocycles. The van der Waals surface area contributed by atoms with Crippen LogP contribution in [0.1, 0.15) is 64.7 Å². The number of likely N-dealkylation sites (tertiary alicyclic amines) is 1. The predicted octanol–water partition coefficient (Wildman–Crippen LogP) is 4.29. The highest BCUT2D eigenvalue weighted by Gasteiger charge is 2.31. The molecule has 1 N–H and O–H groups in total. The van der Waals surface area contributed by atoms with E-state index in [-0.39, 0.29) is 11.2 Å². The molecule has 1 heterocycles. The molecule has 0 aromatic heterocycles. The highest BCUT2D eigenvalue weighted by atomic mass is 32.1. The van der Waals surface area contributed by atoms with E-state index >= 15 is 0 Å². The van der Waals surface area contributed by atoms with Crippen LogP contribution in [0.15, 0.2) is 24.6 Å². The Labute approximate surface area is 159 Å². The predicted molar refractivity (Wildman–Crippen MR) is 109 cm³/mol. The molecule has 0 spiro atoms. The van der Waals surface area contributed by atoms with Crippen LogP contribution >= 0.6 is 12.6 Å². The number of thiol groups is 1. The summed E-state index contributed by atoms with van der Waals surface area (Å²) in [5.74, 6) is 0.111. The molecule has 1 atom stereocenters. The summed E-state index contributed by atoms with van der Waals surface area (Å²) in [5.41, 5.74) is 2.04. The number of hydrogen-bond donors (Lipinski definition) is 2. The van der Waals surface area contributed by atoms with Gasteiger partial charge in [0.15, 0.2) is 0 Å². The van der Waals surface area contributed by atoms with Crippen LogP contribution in [0.25, 0.3) is 0 Å². The molecule has 0 radical (unpaired) electrons. The first-order chi connectivity index (χ1) is 12.1. The van der Waals surface area contributed by atoms with Gasteiger partial charge in [-0.25, -0.2) is 0 Å². The number of unbranched alkanes of at least 4 members (excludes halogenated alkanes) is 4. The van der Waals surface area contributed by atoms with Crippen molar-refractivity contribution in [3.05, 3.63) is 24.6 Å². The van der Waals surface area contributed by atoms with Gasteiger partial charge in [0.1, 0.15) is 0 Å². The van der Waals surface area contributed by atoms with Gasteiger partial charge < -0.3 is 15.0 Å². The minimum atomic E-state index is -0.185. The SMILES string of the molecule is C=C(CCCCCN1C(=C)CC(S)C1=O)NCCCCCOCCC. The highest BCUT2D eigenvalue weighted by Crippen LogP contribution is 2.25. The Hall–Kier alpha value is -0.940.